The molecule has 3 heteroatoms. The molecule has 0 fully saturated rings. The maximum absolute atomic E-state index is 9.30. The first-order valence-corrected chi connectivity index (χ1v) is 7.27. The number of methoxy groups -OCH3 is 1. The van der Waals surface area contributed by atoms with E-state index in [1.807, 2.05) is 25.1 Å². The van der Waals surface area contributed by atoms with Crippen molar-refractivity contribution in [3.05, 3.63) is 65.7 Å². The first kappa shape index (κ1) is 15.5. The van der Waals surface area contributed by atoms with E-state index in [0.717, 1.165) is 12.2 Å². The van der Waals surface area contributed by atoms with Gasteiger partial charge in [-0.1, -0.05) is 42.5 Å². The Morgan fingerprint density at radius 2 is 1.71 bits per heavy atom. The van der Waals surface area contributed by atoms with E-state index in [1.54, 1.807) is 7.11 Å². The van der Waals surface area contributed by atoms with E-state index in [9.17, 15) is 5.11 Å². The van der Waals surface area contributed by atoms with Gasteiger partial charge in [-0.3, -0.25) is 0 Å². The minimum atomic E-state index is 0.0563. The second-order valence-electron chi connectivity index (χ2n) is 5.27. The molecule has 0 saturated heterocycles. The van der Waals surface area contributed by atoms with Gasteiger partial charge in [-0.2, -0.15) is 0 Å². The van der Waals surface area contributed by atoms with Crippen LogP contribution in [-0.2, 0) is 6.42 Å². The van der Waals surface area contributed by atoms with Gasteiger partial charge in [0.05, 0.1) is 13.7 Å². The maximum Gasteiger partial charge on any atom is 0.118 e. The molecule has 2 N–H and O–H groups in total. The second kappa shape index (κ2) is 7.81. The van der Waals surface area contributed by atoms with E-state index in [1.165, 1.54) is 11.1 Å². The van der Waals surface area contributed by atoms with Gasteiger partial charge in [0.15, 0.2) is 0 Å². The quantitative estimate of drug-likeness (QED) is 0.822. The third-order valence-corrected chi connectivity index (χ3v) is 3.56. The number of nitrogens with one attached hydrogen (secondary N) is 1. The van der Waals surface area contributed by atoms with Crippen molar-refractivity contribution in [3.8, 4) is 5.75 Å². The molecule has 21 heavy (non-hydrogen) atoms. The zero-order valence-electron chi connectivity index (χ0n) is 12.6. The standard InChI is InChI=1S/C18H23NO2/c1-14(13-20)19-18(12-15-6-4-3-5-7-15)16-8-10-17(21-2)11-9-16/h3-11,14,18-20H,12-13H2,1-2H3. The summed E-state index contributed by atoms with van der Waals surface area (Å²) in [5.41, 5.74) is 2.47. The SMILES string of the molecule is COc1ccc(C(Cc2ccccc2)NC(C)CO)cc1. The molecule has 0 spiro atoms. The van der Waals surface area contributed by atoms with Crippen LogP contribution >= 0.6 is 0 Å². The minimum absolute atomic E-state index is 0.0563. The molecule has 112 valence electrons. The average molecular weight is 285 g/mol. The van der Waals surface area contributed by atoms with E-state index in [0.29, 0.717) is 0 Å². The number of rotatable bonds is 7. The van der Waals surface area contributed by atoms with E-state index in [2.05, 4.69) is 41.7 Å². The Morgan fingerprint density at radius 3 is 2.29 bits per heavy atom. The zero-order valence-corrected chi connectivity index (χ0v) is 12.6. The normalized spacial score (nSPS) is 13.7. The van der Waals surface area contributed by atoms with Crippen molar-refractivity contribution in [1.82, 2.24) is 5.32 Å². The van der Waals surface area contributed by atoms with Gasteiger partial charge < -0.3 is 15.2 Å². The molecule has 0 aliphatic carbocycles. The summed E-state index contributed by atoms with van der Waals surface area (Å²) in [6.07, 6.45) is 0.886. The van der Waals surface area contributed by atoms with Gasteiger partial charge in [-0.05, 0) is 36.6 Å². The predicted octanol–water partition coefficient (Wildman–Crippen LogP) is 2.95. The van der Waals surface area contributed by atoms with Crippen LogP contribution in [0, 0.1) is 0 Å². The van der Waals surface area contributed by atoms with E-state index >= 15 is 0 Å². The van der Waals surface area contributed by atoms with Gasteiger partial charge in [0.1, 0.15) is 5.75 Å². The van der Waals surface area contributed by atoms with Gasteiger partial charge >= 0.3 is 0 Å². The van der Waals surface area contributed by atoms with Crippen LogP contribution in [0.5, 0.6) is 5.75 Å². The Hall–Kier alpha value is -1.84. The van der Waals surface area contributed by atoms with Crippen molar-refractivity contribution in [1.29, 1.82) is 0 Å². The molecule has 2 aromatic carbocycles. The largest absolute Gasteiger partial charge is 0.497 e. The fourth-order valence-corrected chi connectivity index (χ4v) is 2.36. The summed E-state index contributed by atoms with van der Waals surface area (Å²) in [6.45, 7) is 2.11. The van der Waals surface area contributed by atoms with Crippen LogP contribution in [0.2, 0.25) is 0 Å². The van der Waals surface area contributed by atoms with Crippen molar-refractivity contribution in [3.63, 3.8) is 0 Å². The molecular formula is C18H23NO2. The van der Waals surface area contributed by atoms with Crippen molar-refractivity contribution >= 4 is 0 Å². The summed E-state index contributed by atoms with van der Waals surface area (Å²) in [4.78, 5) is 0. The highest BCUT2D eigenvalue weighted by atomic mass is 16.5. The molecular weight excluding hydrogens is 262 g/mol. The molecule has 2 unspecified atom stereocenters. The van der Waals surface area contributed by atoms with Crippen LogP contribution < -0.4 is 10.1 Å². The molecule has 0 aliphatic rings. The molecule has 2 rings (SSSR count). The predicted molar refractivity (Wildman–Crippen MR) is 85.6 cm³/mol. The molecule has 3 nitrogen and oxygen atoms in total. The van der Waals surface area contributed by atoms with Gasteiger partial charge in [0, 0.05) is 12.1 Å². The molecule has 0 aliphatic heterocycles. The third-order valence-electron chi connectivity index (χ3n) is 3.56. The van der Waals surface area contributed by atoms with E-state index < -0.39 is 0 Å². The third kappa shape index (κ3) is 4.59. The molecule has 0 saturated carbocycles. The lowest BCUT2D eigenvalue weighted by Gasteiger charge is -2.23. The summed E-state index contributed by atoms with van der Waals surface area (Å²) >= 11 is 0. The van der Waals surface area contributed by atoms with Gasteiger partial charge in [-0.25, -0.2) is 0 Å². The zero-order chi connectivity index (χ0) is 15.1. The summed E-state index contributed by atoms with van der Waals surface area (Å²) in [5.74, 6) is 0.854. The summed E-state index contributed by atoms with van der Waals surface area (Å²) in [7, 11) is 1.67. The van der Waals surface area contributed by atoms with Crippen molar-refractivity contribution in [2.45, 2.75) is 25.4 Å². The maximum atomic E-state index is 9.30. The summed E-state index contributed by atoms with van der Waals surface area (Å²) in [5, 5.41) is 12.8. The number of ether oxygens (including phenoxy) is 1. The Kier molecular flexibility index (Phi) is 5.78. The van der Waals surface area contributed by atoms with E-state index in [-0.39, 0.29) is 18.7 Å². The molecule has 2 aromatic rings. The molecule has 0 aromatic heterocycles. The van der Waals surface area contributed by atoms with Crippen molar-refractivity contribution in [2.24, 2.45) is 0 Å². The lowest BCUT2D eigenvalue weighted by Crippen LogP contribution is -2.34. The molecule has 0 amide bonds. The first-order chi connectivity index (χ1) is 10.2. The Balaban J connectivity index is 2.17. The highest BCUT2D eigenvalue weighted by molar-refractivity contribution is 5.30. The fourth-order valence-electron chi connectivity index (χ4n) is 2.36. The van der Waals surface area contributed by atoms with Gasteiger partial charge in [0.2, 0.25) is 0 Å². The second-order valence-corrected chi connectivity index (χ2v) is 5.27. The summed E-state index contributed by atoms with van der Waals surface area (Å²) in [6, 6.07) is 18.7. The highest BCUT2D eigenvalue weighted by Gasteiger charge is 2.14. The Bertz CT molecular complexity index is 525. The molecule has 0 bridgehead atoms. The number of benzene rings is 2. The highest BCUT2D eigenvalue weighted by Crippen LogP contribution is 2.22. The number of hydrogen-bond acceptors (Lipinski definition) is 3. The molecule has 0 heterocycles. The number of aliphatic hydroxyl groups is 1. The van der Waals surface area contributed by atoms with E-state index in [4.69, 9.17) is 4.74 Å². The van der Waals surface area contributed by atoms with Crippen LogP contribution in [0.3, 0.4) is 0 Å². The molecule has 2 atom stereocenters. The van der Waals surface area contributed by atoms with Gasteiger partial charge in [-0.15, -0.1) is 0 Å². The smallest absolute Gasteiger partial charge is 0.118 e. The first-order valence-electron chi connectivity index (χ1n) is 7.27. The number of aliphatic hydroxyl groups excluding tert-OH is 1. The Morgan fingerprint density at radius 1 is 1.05 bits per heavy atom. The summed E-state index contributed by atoms with van der Waals surface area (Å²) < 4.78 is 5.21. The lowest BCUT2D eigenvalue weighted by atomic mass is 9.98. The van der Waals surface area contributed by atoms with Crippen LogP contribution in [0.1, 0.15) is 24.1 Å². The van der Waals surface area contributed by atoms with Crippen molar-refractivity contribution in [2.75, 3.05) is 13.7 Å². The molecule has 0 radical (unpaired) electrons. The minimum Gasteiger partial charge on any atom is -0.497 e. The average Bonchev–Trinajstić information content (AvgIpc) is 2.55. The van der Waals surface area contributed by atoms with Crippen LogP contribution in [0.4, 0.5) is 0 Å². The number of hydrogen-bond donors (Lipinski definition) is 2. The van der Waals surface area contributed by atoms with Crippen molar-refractivity contribution < 1.29 is 9.84 Å². The van der Waals surface area contributed by atoms with Crippen LogP contribution in [-0.4, -0.2) is 24.9 Å². The fraction of sp³-hybridized carbons (Fsp3) is 0.333. The topological polar surface area (TPSA) is 41.5 Å². The monoisotopic (exact) mass is 285 g/mol. The van der Waals surface area contributed by atoms with Crippen LogP contribution in [0.25, 0.3) is 0 Å². The van der Waals surface area contributed by atoms with Crippen LogP contribution in [0.15, 0.2) is 54.6 Å². The van der Waals surface area contributed by atoms with Gasteiger partial charge in [0.25, 0.3) is 0 Å². The Labute approximate surface area is 126 Å². The lowest BCUT2D eigenvalue weighted by molar-refractivity contribution is 0.240.